The molecule has 1 aromatic heterocycles. The van der Waals surface area contributed by atoms with Crippen LogP contribution in [0.15, 0.2) is 65.8 Å². The number of aromatic amines is 1. The molecule has 0 aliphatic carbocycles. The van der Waals surface area contributed by atoms with Crippen LogP contribution in [-0.4, -0.2) is 50.6 Å². The molecule has 196 valence electrons. The Balaban J connectivity index is 1.66. The molecule has 0 radical (unpaired) electrons. The number of nitrogens with one attached hydrogen (secondary N) is 1. The van der Waals surface area contributed by atoms with E-state index >= 15 is 0 Å². The number of rotatable bonds is 9. The molecule has 1 aliphatic heterocycles. The Bertz CT molecular complexity index is 1350. The molecule has 37 heavy (non-hydrogen) atoms. The van der Waals surface area contributed by atoms with Crippen LogP contribution in [-0.2, 0) is 26.0 Å². The van der Waals surface area contributed by atoms with Crippen LogP contribution >= 0.6 is 35.0 Å². The van der Waals surface area contributed by atoms with Crippen molar-refractivity contribution in [3.63, 3.8) is 0 Å². The Hall–Kier alpha value is -2.50. The third kappa shape index (κ3) is 5.99. The summed E-state index contributed by atoms with van der Waals surface area (Å²) in [5, 5.41) is -0.294. The summed E-state index contributed by atoms with van der Waals surface area (Å²) in [4.78, 5) is 16.4. The van der Waals surface area contributed by atoms with E-state index in [0.29, 0.717) is 38.4 Å². The molecule has 2 aromatic carbocycles. The van der Waals surface area contributed by atoms with Gasteiger partial charge in [-0.2, -0.15) is 4.31 Å². The predicted octanol–water partition coefficient (Wildman–Crippen LogP) is 4.42. The summed E-state index contributed by atoms with van der Waals surface area (Å²) in [6, 6.07) is 13.2. The van der Waals surface area contributed by atoms with Gasteiger partial charge >= 0.3 is 5.97 Å². The number of methoxy groups -OCH3 is 2. The summed E-state index contributed by atoms with van der Waals surface area (Å²) in [5.41, 5.74) is 1.17. The lowest BCUT2D eigenvalue weighted by Crippen LogP contribution is -2.40. The van der Waals surface area contributed by atoms with Gasteiger partial charge in [-0.15, -0.1) is 11.8 Å². The average molecular weight is 585 g/mol. The van der Waals surface area contributed by atoms with Gasteiger partial charge in [0.25, 0.3) is 0 Å². The largest absolute Gasteiger partial charge is 0.493 e. The van der Waals surface area contributed by atoms with Crippen LogP contribution in [0.1, 0.15) is 17.2 Å². The SMILES string of the molecule is COc1ccc([C@H](Cc2c(Cl)c[nH+]cc2Cl)OC(=O)[C@@H]2SCCN2S(=O)(=O)c2ccccc2)cc1OC. The number of carbonyl (C=O) groups is 1. The lowest BCUT2D eigenvalue weighted by molar-refractivity contribution is -0.377. The van der Waals surface area contributed by atoms with Crippen molar-refractivity contribution in [1.82, 2.24) is 4.31 Å². The van der Waals surface area contributed by atoms with Crippen LogP contribution < -0.4 is 14.5 Å². The third-order valence-corrected chi connectivity index (χ3v) is 9.69. The Kier molecular flexibility index (Phi) is 8.86. The number of aromatic nitrogens is 1. The number of hydrogen-bond donors (Lipinski definition) is 0. The fourth-order valence-electron chi connectivity index (χ4n) is 3.95. The Morgan fingerprint density at radius 1 is 1.08 bits per heavy atom. The number of halogens is 2. The number of H-pyrrole nitrogens is 1. The minimum absolute atomic E-state index is 0.117. The van der Waals surface area contributed by atoms with Crippen molar-refractivity contribution in [2.24, 2.45) is 0 Å². The van der Waals surface area contributed by atoms with E-state index in [4.69, 9.17) is 37.4 Å². The number of pyridine rings is 1. The van der Waals surface area contributed by atoms with E-state index in [1.807, 2.05) is 0 Å². The summed E-state index contributed by atoms with van der Waals surface area (Å²) in [6.07, 6.45) is 2.47. The highest BCUT2D eigenvalue weighted by Crippen LogP contribution is 2.37. The van der Waals surface area contributed by atoms with Crippen LogP contribution in [0.4, 0.5) is 0 Å². The van der Waals surface area contributed by atoms with Crippen molar-refractivity contribution in [3.05, 3.63) is 82.1 Å². The van der Waals surface area contributed by atoms with Gasteiger partial charge in [-0.3, -0.25) is 0 Å². The second kappa shape index (κ2) is 11.9. The molecule has 0 unspecified atom stereocenters. The molecular formula is C25H25Cl2N2O6S2+. The maximum Gasteiger partial charge on any atom is 0.335 e. The molecule has 0 amide bonds. The fourth-order valence-corrected chi connectivity index (χ4v) is 7.55. The first kappa shape index (κ1) is 27.5. The number of benzene rings is 2. The molecule has 1 saturated heterocycles. The summed E-state index contributed by atoms with van der Waals surface area (Å²) >= 11 is 14.0. The monoisotopic (exact) mass is 583 g/mol. The molecule has 0 bridgehead atoms. The third-order valence-electron chi connectivity index (χ3n) is 5.82. The molecule has 1 fully saturated rings. The van der Waals surface area contributed by atoms with Crippen molar-refractivity contribution in [1.29, 1.82) is 0 Å². The van der Waals surface area contributed by atoms with Gasteiger partial charge in [-0.25, -0.2) is 18.2 Å². The molecule has 1 aliphatic rings. The molecule has 0 saturated carbocycles. The second-order valence-corrected chi connectivity index (χ2v) is 11.9. The maximum absolute atomic E-state index is 13.5. The van der Waals surface area contributed by atoms with Gasteiger partial charge in [-0.1, -0.05) is 47.5 Å². The van der Waals surface area contributed by atoms with E-state index in [-0.39, 0.29) is 17.9 Å². The van der Waals surface area contributed by atoms with Gasteiger partial charge in [0.2, 0.25) is 10.0 Å². The van der Waals surface area contributed by atoms with Crippen LogP contribution in [0.25, 0.3) is 0 Å². The van der Waals surface area contributed by atoms with Gasteiger partial charge in [0.05, 0.1) is 19.1 Å². The quantitative estimate of drug-likeness (QED) is 0.344. The number of hydrogen-bond acceptors (Lipinski definition) is 7. The zero-order chi connectivity index (χ0) is 26.6. The first-order valence-electron chi connectivity index (χ1n) is 11.2. The lowest BCUT2D eigenvalue weighted by Gasteiger charge is -2.25. The maximum atomic E-state index is 13.5. The van der Waals surface area contributed by atoms with Crippen molar-refractivity contribution in [2.45, 2.75) is 22.8 Å². The van der Waals surface area contributed by atoms with E-state index in [0.717, 1.165) is 0 Å². The van der Waals surface area contributed by atoms with E-state index in [9.17, 15) is 13.2 Å². The Morgan fingerprint density at radius 2 is 1.76 bits per heavy atom. The van der Waals surface area contributed by atoms with Gasteiger partial charge in [-0.05, 0) is 29.8 Å². The van der Waals surface area contributed by atoms with Gasteiger partial charge in [0.15, 0.2) is 29.3 Å². The molecule has 12 heteroatoms. The van der Waals surface area contributed by atoms with E-state index in [2.05, 4.69) is 4.98 Å². The van der Waals surface area contributed by atoms with Crippen molar-refractivity contribution in [2.75, 3.05) is 26.5 Å². The summed E-state index contributed by atoms with van der Waals surface area (Å²) in [5.74, 6) is 0.729. The summed E-state index contributed by atoms with van der Waals surface area (Å²) in [6.45, 7) is 0.189. The highest BCUT2D eigenvalue weighted by molar-refractivity contribution is 8.02. The van der Waals surface area contributed by atoms with E-state index < -0.39 is 27.5 Å². The van der Waals surface area contributed by atoms with Crippen molar-refractivity contribution >= 4 is 51.0 Å². The molecule has 2 atom stereocenters. The van der Waals surface area contributed by atoms with E-state index in [1.54, 1.807) is 48.8 Å². The van der Waals surface area contributed by atoms with Crippen LogP contribution in [0.5, 0.6) is 11.5 Å². The van der Waals surface area contributed by atoms with Crippen LogP contribution in [0.2, 0.25) is 10.0 Å². The smallest absolute Gasteiger partial charge is 0.335 e. The summed E-state index contributed by atoms with van der Waals surface area (Å²) < 4.78 is 44.5. The van der Waals surface area contributed by atoms with Crippen molar-refractivity contribution < 1.29 is 32.4 Å². The van der Waals surface area contributed by atoms with E-state index in [1.165, 1.54) is 42.4 Å². The Labute approximate surface area is 229 Å². The zero-order valence-corrected chi connectivity index (χ0v) is 23.2. The highest BCUT2D eigenvalue weighted by atomic mass is 35.5. The first-order valence-corrected chi connectivity index (χ1v) is 14.5. The standard InChI is InChI=1S/C25H24Cl2N2O6S2/c1-33-21-9-8-16(12-23(21)34-2)22(13-18-19(26)14-28-15-20(18)27)35-25(30)24-29(10-11-36-24)37(31,32)17-6-4-3-5-7-17/h3-9,12,14-15,22,24H,10-11,13H2,1-2H3/p+1/t22-,24-/m0/s1. The fraction of sp³-hybridized carbons (Fsp3) is 0.280. The van der Waals surface area contributed by atoms with Gasteiger partial charge in [0, 0.05) is 24.3 Å². The van der Waals surface area contributed by atoms with Crippen LogP contribution in [0.3, 0.4) is 0 Å². The topological polar surface area (TPSA) is 96.3 Å². The average Bonchev–Trinajstić information content (AvgIpc) is 3.41. The number of thioether (sulfide) groups is 1. The second-order valence-electron chi connectivity index (χ2n) is 8.03. The molecule has 1 N–H and O–H groups in total. The first-order chi connectivity index (χ1) is 17.8. The zero-order valence-electron chi connectivity index (χ0n) is 20.0. The van der Waals surface area contributed by atoms with Gasteiger partial charge < -0.3 is 14.2 Å². The van der Waals surface area contributed by atoms with Crippen LogP contribution in [0, 0.1) is 0 Å². The number of sulfonamides is 1. The molecule has 2 heterocycles. The predicted molar refractivity (Wildman–Crippen MR) is 142 cm³/mol. The molecular weight excluding hydrogens is 559 g/mol. The number of carbonyl (C=O) groups excluding carboxylic acids is 1. The van der Waals surface area contributed by atoms with Gasteiger partial charge in [0.1, 0.15) is 16.1 Å². The number of nitrogens with zero attached hydrogens (tertiary/aromatic N) is 1. The summed E-state index contributed by atoms with van der Waals surface area (Å²) in [7, 11) is -0.870. The minimum Gasteiger partial charge on any atom is -0.493 e. The molecule has 8 nitrogen and oxygen atoms in total. The van der Waals surface area contributed by atoms with Crippen molar-refractivity contribution in [3.8, 4) is 11.5 Å². The molecule has 0 spiro atoms. The Morgan fingerprint density at radius 3 is 2.41 bits per heavy atom. The lowest BCUT2D eigenvalue weighted by atomic mass is 10.0. The minimum atomic E-state index is -3.90. The number of ether oxygens (including phenoxy) is 3. The normalized spacial score (nSPS) is 16.8. The molecule has 3 aromatic rings. The highest BCUT2D eigenvalue weighted by Gasteiger charge is 2.42. The molecule has 4 rings (SSSR count). The number of esters is 1.